The zero-order chi connectivity index (χ0) is 11.3. The van der Waals surface area contributed by atoms with Gasteiger partial charge in [0.1, 0.15) is 5.75 Å². The Hall–Kier alpha value is -1.22. The molecule has 0 radical (unpaired) electrons. The number of ether oxygens (including phenoxy) is 1. The van der Waals surface area contributed by atoms with Crippen LogP contribution in [0.4, 0.5) is 5.69 Å². The second-order valence-corrected chi connectivity index (χ2v) is 3.71. The third-order valence-corrected chi connectivity index (χ3v) is 2.37. The van der Waals surface area contributed by atoms with E-state index in [1.165, 1.54) is 0 Å². The zero-order valence-corrected chi connectivity index (χ0v) is 9.76. The highest BCUT2D eigenvalue weighted by molar-refractivity contribution is 5.55. The summed E-state index contributed by atoms with van der Waals surface area (Å²) in [4.78, 5) is 0. The maximum atomic E-state index is 5.44. The maximum absolute atomic E-state index is 5.44. The normalized spacial score (nSPS) is 10.1. The Morgan fingerprint density at radius 1 is 1.27 bits per heavy atom. The lowest BCUT2D eigenvalue weighted by molar-refractivity contribution is 0.408. The predicted octanol–water partition coefficient (Wildman–Crippen LogP) is 2.07. The smallest absolute Gasteiger partial charge is 0.124 e. The lowest BCUT2D eigenvalue weighted by Gasteiger charge is -2.12. The summed E-state index contributed by atoms with van der Waals surface area (Å²) in [5.74, 6) is 0.972. The Bertz CT molecular complexity index is 300. The third kappa shape index (κ3) is 3.13. The second-order valence-electron chi connectivity index (χ2n) is 3.71. The first-order chi connectivity index (χ1) is 7.19. The van der Waals surface area contributed by atoms with E-state index in [-0.39, 0.29) is 0 Å². The van der Waals surface area contributed by atoms with Crippen molar-refractivity contribution in [2.75, 3.05) is 25.5 Å². The molecule has 0 aliphatic heterocycles. The van der Waals surface area contributed by atoms with Crippen LogP contribution in [-0.4, -0.2) is 20.2 Å². The van der Waals surface area contributed by atoms with Crippen LogP contribution in [0.3, 0.4) is 0 Å². The molecule has 1 rings (SSSR count). The van der Waals surface area contributed by atoms with E-state index >= 15 is 0 Å². The van der Waals surface area contributed by atoms with E-state index in [4.69, 9.17) is 10.5 Å². The van der Waals surface area contributed by atoms with Gasteiger partial charge in [0.05, 0.1) is 7.11 Å². The van der Waals surface area contributed by atoms with Crippen molar-refractivity contribution in [3.05, 3.63) is 23.3 Å². The molecule has 84 valence electrons. The quantitative estimate of drug-likeness (QED) is 0.728. The van der Waals surface area contributed by atoms with E-state index in [9.17, 15) is 0 Å². The Morgan fingerprint density at radius 3 is 2.33 bits per heavy atom. The second kappa shape index (κ2) is 5.61. The first kappa shape index (κ1) is 11.9. The summed E-state index contributed by atoms with van der Waals surface area (Å²) in [6.07, 6.45) is 0.990. The Kier molecular flexibility index (Phi) is 4.43. The molecule has 0 aliphatic carbocycles. The van der Waals surface area contributed by atoms with E-state index in [1.807, 2.05) is 0 Å². The fourth-order valence-electron chi connectivity index (χ4n) is 1.71. The molecule has 0 spiro atoms. The molecule has 0 atom stereocenters. The summed E-state index contributed by atoms with van der Waals surface area (Å²) in [7, 11) is 1.71. The Labute approximate surface area is 91.6 Å². The van der Waals surface area contributed by atoms with Gasteiger partial charge in [-0.05, 0) is 50.1 Å². The first-order valence-corrected chi connectivity index (χ1v) is 5.28. The topological polar surface area (TPSA) is 47.3 Å². The van der Waals surface area contributed by atoms with Crippen LogP contribution >= 0.6 is 0 Å². The Balaban J connectivity index is 2.75. The Morgan fingerprint density at radius 2 is 1.87 bits per heavy atom. The van der Waals surface area contributed by atoms with Crippen LogP contribution < -0.4 is 15.8 Å². The molecule has 3 heteroatoms. The summed E-state index contributed by atoms with van der Waals surface area (Å²) in [5.41, 5.74) is 8.90. The number of anilines is 1. The van der Waals surface area contributed by atoms with Crippen molar-refractivity contribution >= 4 is 5.69 Å². The minimum absolute atomic E-state index is 0.723. The van der Waals surface area contributed by atoms with Crippen molar-refractivity contribution < 1.29 is 4.74 Å². The third-order valence-electron chi connectivity index (χ3n) is 2.37. The summed E-state index contributed by atoms with van der Waals surface area (Å²) in [6, 6.07) is 4.20. The van der Waals surface area contributed by atoms with Crippen molar-refractivity contribution in [3.63, 3.8) is 0 Å². The number of nitrogens with two attached hydrogens (primary N) is 1. The molecular weight excluding hydrogens is 188 g/mol. The van der Waals surface area contributed by atoms with E-state index in [2.05, 4.69) is 31.3 Å². The molecule has 0 unspecified atom stereocenters. The van der Waals surface area contributed by atoms with Crippen molar-refractivity contribution in [2.24, 2.45) is 5.73 Å². The molecule has 15 heavy (non-hydrogen) atoms. The first-order valence-electron chi connectivity index (χ1n) is 5.28. The van der Waals surface area contributed by atoms with E-state index < -0.39 is 0 Å². The van der Waals surface area contributed by atoms with Crippen molar-refractivity contribution in [1.29, 1.82) is 0 Å². The molecule has 0 heterocycles. The van der Waals surface area contributed by atoms with E-state index in [1.54, 1.807) is 7.11 Å². The monoisotopic (exact) mass is 208 g/mol. The highest BCUT2D eigenvalue weighted by Gasteiger charge is 2.04. The van der Waals surface area contributed by atoms with Crippen molar-refractivity contribution in [1.82, 2.24) is 0 Å². The predicted molar refractivity (Wildman–Crippen MR) is 64.6 cm³/mol. The summed E-state index contributed by atoms with van der Waals surface area (Å²) >= 11 is 0. The molecule has 1 aromatic rings. The van der Waals surface area contributed by atoms with Gasteiger partial charge in [0.25, 0.3) is 0 Å². The lowest BCUT2D eigenvalue weighted by Crippen LogP contribution is -2.08. The average Bonchev–Trinajstić information content (AvgIpc) is 2.18. The van der Waals surface area contributed by atoms with Crippen molar-refractivity contribution in [3.8, 4) is 5.75 Å². The molecule has 1 aromatic carbocycles. The van der Waals surface area contributed by atoms with Gasteiger partial charge in [-0.1, -0.05) is 0 Å². The highest BCUT2D eigenvalue weighted by Crippen LogP contribution is 2.26. The number of benzene rings is 1. The molecule has 0 fully saturated rings. The van der Waals surface area contributed by atoms with Gasteiger partial charge in [-0.3, -0.25) is 0 Å². The van der Waals surface area contributed by atoms with Crippen LogP contribution in [0.2, 0.25) is 0 Å². The minimum Gasteiger partial charge on any atom is -0.496 e. The molecule has 0 bridgehead atoms. The van der Waals surface area contributed by atoms with Gasteiger partial charge in [0.2, 0.25) is 0 Å². The van der Waals surface area contributed by atoms with Crippen LogP contribution in [0.25, 0.3) is 0 Å². The highest BCUT2D eigenvalue weighted by atomic mass is 16.5. The number of nitrogens with one attached hydrogen (secondary N) is 1. The van der Waals surface area contributed by atoms with E-state index in [0.717, 1.165) is 42.1 Å². The van der Waals surface area contributed by atoms with Crippen LogP contribution in [0.5, 0.6) is 5.75 Å². The van der Waals surface area contributed by atoms with Gasteiger partial charge < -0.3 is 15.8 Å². The summed E-state index contributed by atoms with van der Waals surface area (Å²) < 4.78 is 5.31. The van der Waals surface area contributed by atoms with Gasteiger partial charge in [0, 0.05) is 12.2 Å². The molecule has 0 aliphatic rings. The summed E-state index contributed by atoms with van der Waals surface area (Å²) in [6.45, 7) is 5.75. The summed E-state index contributed by atoms with van der Waals surface area (Å²) in [5, 5.41) is 3.34. The van der Waals surface area contributed by atoms with Crippen LogP contribution in [0.1, 0.15) is 17.5 Å². The number of hydrogen-bond acceptors (Lipinski definition) is 3. The lowest BCUT2D eigenvalue weighted by atomic mass is 10.1. The van der Waals surface area contributed by atoms with Gasteiger partial charge in [-0.15, -0.1) is 0 Å². The van der Waals surface area contributed by atoms with Gasteiger partial charge in [-0.2, -0.15) is 0 Å². The molecule has 0 aromatic heterocycles. The SMILES string of the molecule is COc1c(C)cc(NCCCN)cc1C. The van der Waals surface area contributed by atoms with Crippen LogP contribution in [0, 0.1) is 13.8 Å². The minimum atomic E-state index is 0.723. The molecular formula is C12H20N2O. The largest absolute Gasteiger partial charge is 0.496 e. The van der Waals surface area contributed by atoms with Gasteiger partial charge >= 0.3 is 0 Å². The number of hydrogen-bond donors (Lipinski definition) is 2. The molecule has 3 nitrogen and oxygen atoms in total. The molecule has 0 saturated heterocycles. The number of rotatable bonds is 5. The van der Waals surface area contributed by atoms with Crippen LogP contribution in [-0.2, 0) is 0 Å². The fraction of sp³-hybridized carbons (Fsp3) is 0.500. The average molecular weight is 208 g/mol. The van der Waals surface area contributed by atoms with Gasteiger partial charge in [0.15, 0.2) is 0 Å². The molecule has 0 amide bonds. The fourth-order valence-corrected chi connectivity index (χ4v) is 1.71. The van der Waals surface area contributed by atoms with Gasteiger partial charge in [-0.25, -0.2) is 0 Å². The number of aryl methyl sites for hydroxylation is 2. The standard InChI is InChI=1S/C12H20N2O/c1-9-7-11(14-6-4-5-13)8-10(2)12(9)15-3/h7-8,14H,4-6,13H2,1-3H3. The number of methoxy groups -OCH3 is 1. The zero-order valence-electron chi connectivity index (χ0n) is 9.76. The molecule has 0 saturated carbocycles. The maximum Gasteiger partial charge on any atom is 0.124 e. The van der Waals surface area contributed by atoms with E-state index in [0.29, 0.717) is 0 Å². The molecule has 3 N–H and O–H groups in total. The van der Waals surface area contributed by atoms with Crippen molar-refractivity contribution in [2.45, 2.75) is 20.3 Å². The van der Waals surface area contributed by atoms with Crippen LogP contribution in [0.15, 0.2) is 12.1 Å².